The number of ether oxygens (including phenoxy) is 1. The molecule has 0 aromatic heterocycles. The van der Waals surface area contributed by atoms with Crippen molar-refractivity contribution in [2.75, 3.05) is 46.9 Å². The Balaban J connectivity index is 0.00000338. The van der Waals surface area contributed by atoms with Crippen LogP contribution in [0.25, 0.3) is 0 Å². The van der Waals surface area contributed by atoms with E-state index in [9.17, 15) is 0 Å². The first-order chi connectivity index (χ1) is 12.0. The van der Waals surface area contributed by atoms with Crippen molar-refractivity contribution < 1.29 is 4.74 Å². The number of aliphatic imine (C=N–C) groups is 1. The lowest BCUT2D eigenvalue weighted by Crippen LogP contribution is -2.46. The molecule has 148 valence electrons. The summed E-state index contributed by atoms with van der Waals surface area (Å²) in [5, 5.41) is 6.90. The Labute approximate surface area is 176 Å². The molecule has 0 amide bonds. The summed E-state index contributed by atoms with van der Waals surface area (Å²) in [4.78, 5) is 6.88. The molecular weight excluding hydrogens is 439 g/mol. The van der Waals surface area contributed by atoms with Gasteiger partial charge in [-0.15, -0.1) is 24.0 Å². The maximum Gasteiger partial charge on any atom is 0.191 e. The largest absolute Gasteiger partial charge is 0.497 e. The van der Waals surface area contributed by atoms with Crippen LogP contribution >= 0.6 is 24.0 Å². The molecule has 5 nitrogen and oxygen atoms in total. The second-order valence-corrected chi connectivity index (χ2v) is 7.37. The van der Waals surface area contributed by atoms with Gasteiger partial charge in [-0.1, -0.05) is 32.4 Å². The molecule has 1 fully saturated rings. The summed E-state index contributed by atoms with van der Waals surface area (Å²) in [6, 6.07) is 8.30. The van der Waals surface area contributed by atoms with Gasteiger partial charge >= 0.3 is 0 Å². The summed E-state index contributed by atoms with van der Waals surface area (Å²) in [6.45, 7) is 9.79. The van der Waals surface area contributed by atoms with Crippen molar-refractivity contribution in [1.82, 2.24) is 15.5 Å². The van der Waals surface area contributed by atoms with Gasteiger partial charge in [0.1, 0.15) is 5.75 Å². The van der Waals surface area contributed by atoms with Crippen molar-refractivity contribution in [2.24, 2.45) is 4.99 Å². The third kappa shape index (κ3) is 7.31. The molecule has 0 bridgehead atoms. The van der Waals surface area contributed by atoms with E-state index in [-0.39, 0.29) is 29.4 Å². The summed E-state index contributed by atoms with van der Waals surface area (Å²) in [6.07, 6.45) is 4.06. The number of hydrogen-bond donors (Lipinski definition) is 2. The molecule has 1 aliphatic rings. The van der Waals surface area contributed by atoms with Crippen LogP contribution in [0.5, 0.6) is 5.75 Å². The highest BCUT2D eigenvalue weighted by atomic mass is 127. The second-order valence-electron chi connectivity index (χ2n) is 7.37. The maximum atomic E-state index is 5.24. The van der Waals surface area contributed by atoms with Crippen molar-refractivity contribution in [2.45, 2.75) is 38.5 Å². The summed E-state index contributed by atoms with van der Waals surface area (Å²) in [5.41, 5.74) is 1.29. The van der Waals surface area contributed by atoms with E-state index in [0.29, 0.717) is 0 Å². The first-order valence-electron chi connectivity index (χ1n) is 9.36. The van der Waals surface area contributed by atoms with Crippen LogP contribution in [0.1, 0.15) is 38.7 Å². The number of halogens is 1. The van der Waals surface area contributed by atoms with Crippen LogP contribution in [0.4, 0.5) is 0 Å². The molecular formula is C20H35IN4O. The van der Waals surface area contributed by atoms with Crippen molar-refractivity contribution >= 4 is 29.9 Å². The number of hydrogen-bond acceptors (Lipinski definition) is 3. The lowest BCUT2D eigenvalue weighted by molar-refractivity contribution is 0.232. The molecule has 1 saturated heterocycles. The highest BCUT2D eigenvalue weighted by Crippen LogP contribution is 2.24. The molecule has 0 aliphatic carbocycles. The Morgan fingerprint density at radius 3 is 2.35 bits per heavy atom. The Kier molecular flexibility index (Phi) is 10.3. The van der Waals surface area contributed by atoms with Crippen LogP contribution in [-0.2, 0) is 5.41 Å². The number of rotatable bonds is 7. The molecule has 0 radical (unpaired) electrons. The van der Waals surface area contributed by atoms with Gasteiger partial charge in [-0.3, -0.25) is 4.99 Å². The minimum Gasteiger partial charge on any atom is -0.497 e. The number of nitrogens with zero attached hydrogens (tertiary/aromatic N) is 2. The van der Waals surface area contributed by atoms with E-state index in [4.69, 9.17) is 4.74 Å². The first kappa shape index (κ1) is 23.0. The van der Waals surface area contributed by atoms with E-state index in [1.54, 1.807) is 7.11 Å². The Hall–Kier alpha value is -1.02. The van der Waals surface area contributed by atoms with Crippen LogP contribution in [-0.4, -0.2) is 57.7 Å². The number of benzene rings is 1. The van der Waals surface area contributed by atoms with Gasteiger partial charge in [-0.05, 0) is 43.6 Å². The van der Waals surface area contributed by atoms with Gasteiger partial charge in [0.05, 0.1) is 7.11 Å². The molecule has 1 heterocycles. The zero-order chi connectivity index (χ0) is 18.1. The maximum absolute atomic E-state index is 5.24. The molecule has 1 aliphatic heterocycles. The van der Waals surface area contributed by atoms with E-state index in [2.05, 4.69) is 46.5 Å². The third-order valence-corrected chi connectivity index (χ3v) is 4.96. The van der Waals surface area contributed by atoms with Crippen molar-refractivity contribution in [1.29, 1.82) is 0 Å². The fraction of sp³-hybridized carbons (Fsp3) is 0.650. The number of nitrogens with one attached hydrogen (secondary N) is 2. The predicted molar refractivity (Wildman–Crippen MR) is 121 cm³/mol. The number of piperidine rings is 1. The summed E-state index contributed by atoms with van der Waals surface area (Å²) in [7, 11) is 3.53. The highest BCUT2D eigenvalue weighted by Gasteiger charge is 2.21. The average molecular weight is 474 g/mol. The van der Waals surface area contributed by atoms with E-state index in [1.165, 1.54) is 37.9 Å². The van der Waals surface area contributed by atoms with Gasteiger partial charge in [0.15, 0.2) is 5.96 Å². The molecule has 0 saturated carbocycles. The van der Waals surface area contributed by atoms with Gasteiger partial charge in [-0.25, -0.2) is 0 Å². The summed E-state index contributed by atoms with van der Waals surface area (Å²) >= 11 is 0. The molecule has 1 aromatic carbocycles. The smallest absolute Gasteiger partial charge is 0.191 e. The van der Waals surface area contributed by atoms with Gasteiger partial charge in [-0.2, -0.15) is 0 Å². The molecule has 2 N–H and O–H groups in total. The Morgan fingerprint density at radius 1 is 1.12 bits per heavy atom. The monoisotopic (exact) mass is 474 g/mol. The summed E-state index contributed by atoms with van der Waals surface area (Å²) < 4.78 is 5.24. The van der Waals surface area contributed by atoms with Crippen LogP contribution < -0.4 is 15.4 Å². The molecule has 6 heteroatoms. The van der Waals surface area contributed by atoms with E-state index < -0.39 is 0 Å². The van der Waals surface area contributed by atoms with Crippen LogP contribution in [0.2, 0.25) is 0 Å². The van der Waals surface area contributed by atoms with Crippen molar-refractivity contribution in [3.05, 3.63) is 29.8 Å². The molecule has 0 atom stereocenters. The van der Waals surface area contributed by atoms with Gasteiger partial charge < -0.3 is 20.3 Å². The zero-order valence-corrected chi connectivity index (χ0v) is 19.0. The molecule has 2 rings (SSSR count). The van der Waals surface area contributed by atoms with Gasteiger partial charge in [0, 0.05) is 32.1 Å². The Morgan fingerprint density at radius 2 is 1.77 bits per heavy atom. The van der Waals surface area contributed by atoms with E-state index in [1.807, 2.05) is 19.2 Å². The minimum absolute atomic E-state index is 0. The fourth-order valence-electron chi connectivity index (χ4n) is 3.18. The molecule has 0 unspecified atom stereocenters. The van der Waals surface area contributed by atoms with Crippen molar-refractivity contribution in [3.8, 4) is 5.75 Å². The minimum atomic E-state index is 0. The topological polar surface area (TPSA) is 48.9 Å². The zero-order valence-electron chi connectivity index (χ0n) is 16.7. The lowest BCUT2D eigenvalue weighted by Gasteiger charge is -2.28. The molecule has 1 aromatic rings. The normalized spacial score (nSPS) is 15.9. The van der Waals surface area contributed by atoms with E-state index >= 15 is 0 Å². The molecule has 26 heavy (non-hydrogen) atoms. The van der Waals surface area contributed by atoms with Crippen LogP contribution in [0.3, 0.4) is 0 Å². The van der Waals surface area contributed by atoms with Gasteiger partial charge in [0.2, 0.25) is 0 Å². The lowest BCUT2D eigenvalue weighted by atomic mass is 9.84. The van der Waals surface area contributed by atoms with Crippen LogP contribution in [0, 0.1) is 0 Å². The molecule has 0 spiro atoms. The number of methoxy groups -OCH3 is 1. The standard InChI is InChI=1S/C20H34N4O.HI/c1-20(2,17-8-10-18(25-4)11-9-17)16-23-19(21-3)22-12-15-24-13-6-5-7-14-24;/h8-11H,5-7,12-16H2,1-4H3,(H2,21,22,23);1H. The number of likely N-dealkylation sites (tertiary alicyclic amines) is 1. The number of guanidine groups is 1. The van der Waals surface area contributed by atoms with Crippen LogP contribution in [0.15, 0.2) is 29.3 Å². The SMILES string of the molecule is CN=C(NCCN1CCCCC1)NCC(C)(C)c1ccc(OC)cc1.I. The average Bonchev–Trinajstić information content (AvgIpc) is 2.65. The third-order valence-electron chi connectivity index (χ3n) is 4.96. The quantitative estimate of drug-likeness (QED) is 0.362. The highest BCUT2D eigenvalue weighted by molar-refractivity contribution is 14.0. The van der Waals surface area contributed by atoms with Crippen molar-refractivity contribution in [3.63, 3.8) is 0 Å². The van der Waals surface area contributed by atoms with Gasteiger partial charge in [0.25, 0.3) is 0 Å². The van der Waals surface area contributed by atoms with E-state index in [0.717, 1.165) is 31.3 Å². The second kappa shape index (κ2) is 11.6. The summed E-state index contributed by atoms with van der Waals surface area (Å²) in [5.74, 6) is 1.77. The first-order valence-corrected chi connectivity index (χ1v) is 9.36. The Bertz CT molecular complexity index is 539. The predicted octanol–water partition coefficient (Wildman–Crippen LogP) is 3.24. The fourth-order valence-corrected chi connectivity index (χ4v) is 3.18.